The Balaban J connectivity index is 1.47. The first-order valence-corrected chi connectivity index (χ1v) is 9.96. The van der Waals surface area contributed by atoms with Crippen LogP contribution in [-0.2, 0) is 9.53 Å². The van der Waals surface area contributed by atoms with Crippen LogP contribution in [0.1, 0.15) is 44.1 Å². The number of hydrogen-bond donors (Lipinski definition) is 0. The lowest BCUT2D eigenvalue weighted by Crippen LogP contribution is -2.60. The maximum absolute atomic E-state index is 11.7. The Kier molecular flexibility index (Phi) is 5.09. The molecule has 0 saturated carbocycles. The Morgan fingerprint density at radius 2 is 1.92 bits per heavy atom. The van der Waals surface area contributed by atoms with Gasteiger partial charge in [0.05, 0.1) is 6.61 Å². The van der Waals surface area contributed by atoms with E-state index in [1.807, 2.05) is 6.92 Å². The number of carbonyl (C=O) groups is 1. The van der Waals surface area contributed by atoms with Crippen molar-refractivity contribution in [2.75, 3.05) is 32.8 Å². The summed E-state index contributed by atoms with van der Waals surface area (Å²) in [6.07, 6.45) is 4.15. The number of likely N-dealkylation sites (tertiary alicyclic amines) is 1. The van der Waals surface area contributed by atoms with E-state index in [4.69, 9.17) is 4.74 Å². The quantitative estimate of drug-likeness (QED) is 0.744. The molecule has 4 aliphatic heterocycles. The van der Waals surface area contributed by atoms with E-state index < -0.39 is 0 Å². The highest BCUT2D eigenvalue weighted by molar-refractivity contribution is 5.69. The second-order valence-corrected chi connectivity index (χ2v) is 7.78. The van der Waals surface area contributed by atoms with Gasteiger partial charge in [0.1, 0.15) is 0 Å². The van der Waals surface area contributed by atoms with E-state index in [1.54, 1.807) is 0 Å². The minimum atomic E-state index is -0.0493. The SMILES string of the molecule is CCOC(=O)CCCN1C[C@@H](c2ccccc2)[C@@H]2[C@H]1C1CCN2CC1. The van der Waals surface area contributed by atoms with Crippen molar-refractivity contribution < 1.29 is 9.53 Å². The Hall–Kier alpha value is -1.39. The molecule has 4 saturated heterocycles. The maximum atomic E-state index is 11.7. The molecule has 5 rings (SSSR count). The van der Waals surface area contributed by atoms with Crippen molar-refractivity contribution in [2.24, 2.45) is 5.92 Å². The van der Waals surface area contributed by atoms with Gasteiger partial charge >= 0.3 is 5.97 Å². The molecule has 1 aromatic carbocycles. The lowest BCUT2D eigenvalue weighted by atomic mass is 9.75. The van der Waals surface area contributed by atoms with Crippen LogP contribution in [0.5, 0.6) is 0 Å². The standard InChI is InChI=1S/C21H30N2O2/c1-2-25-19(24)9-6-12-23-15-18(16-7-4-3-5-8-16)21-20(23)17-10-13-22(21)14-11-17/h3-5,7-8,17-18,20-21H,2,6,9-15H2,1H3/t18-,20+,21+/m0/s1. The number of ether oxygens (including phenoxy) is 1. The molecule has 4 heterocycles. The van der Waals surface area contributed by atoms with Gasteiger partial charge in [0.15, 0.2) is 0 Å². The Morgan fingerprint density at radius 1 is 1.16 bits per heavy atom. The van der Waals surface area contributed by atoms with Crippen LogP contribution in [0.2, 0.25) is 0 Å². The summed E-state index contributed by atoms with van der Waals surface area (Å²) in [5, 5.41) is 0. The molecule has 3 atom stereocenters. The van der Waals surface area contributed by atoms with E-state index in [0.717, 1.165) is 25.4 Å². The lowest BCUT2D eigenvalue weighted by Gasteiger charge is -2.51. The fourth-order valence-corrected chi connectivity index (χ4v) is 5.45. The first-order chi connectivity index (χ1) is 12.3. The van der Waals surface area contributed by atoms with E-state index in [0.29, 0.717) is 31.0 Å². The summed E-state index contributed by atoms with van der Waals surface area (Å²) < 4.78 is 5.09. The Bertz CT molecular complexity index is 583. The van der Waals surface area contributed by atoms with Gasteiger partial charge in [-0.25, -0.2) is 0 Å². The van der Waals surface area contributed by atoms with Crippen molar-refractivity contribution in [1.29, 1.82) is 0 Å². The normalized spacial score (nSPS) is 34.0. The van der Waals surface area contributed by atoms with E-state index in [-0.39, 0.29) is 5.97 Å². The molecule has 4 aliphatic rings. The van der Waals surface area contributed by atoms with Crippen molar-refractivity contribution in [2.45, 2.75) is 50.6 Å². The minimum Gasteiger partial charge on any atom is -0.466 e. The number of fused-ring (bicyclic) bond motifs is 2. The summed E-state index contributed by atoms with van der Waals surface area (Å²) in [5.74, 6) is 1.40. The highest BCUT2D eigenvalue weighted by Crippen LogP contribution is 2.46. The number of carbonyl (C=O) groups excluding carboxylic acids is 1. The van der Waals surface area contributed by atoms with Crippen molar-refractivity contribution in [3.05, 3.63) is 35.9 Å². The van der Waals surface area contributed by atoms with Crippen molar-refractivity contribution in [3.8, 4) is 0 Å². The molecule has 0 aliphatic carbocycles. The molecule has 0 radical (unpaired) electrons. The lowest BCUT2D eigenvalue weighted by molar-refractivity contribution is -0.143. The molecule has 1 aromatic rings. The van der Waals surface area contributed by atoms with Crippen molar-refractivity contribution >= 4 is 5.97 Å². The Labute approximate surface area is 151 Å². The van der Waals surface area contributed by atoms with Crippen LogP contribution in [0.3, 0.4) is 0 Å². The van der Waals surface area contributed by atoms with Gasteiger partial charge < -0.3 is 4.74 Å². The zero-order chi connectivity index (χ0) is 17.2. The number of rotatable bonds is 6. The molecule has 4 heteroatoms. The van der Waals surface area contributed by atoms with Crippen LogP contribution in [0.4, 0.5) is 0 Å². The average molecular weight is 342 g/mol. The molecule has 4 nitrogen and oxygen atoms in total. The first kappa shape index (κ1) is 17.0. The molecule has 0 aromatic heterocycles. The number of benzene rings is 1. The first-order valence-electron chi connectivity index (χ1n) is 9.96. The molecule has 0 spiro atoms. The third-order valence-corrected chi connectivity index (χ3v) is 6.45. The summed E-state index contributed by atoms with van der Waals surface area (Å²) in [6.45, 7) is 7.06. The molecule has 0 N–H and O–H groups in total. The number of esters is 1. The van der Waals surface area contributed by atoms with E-state index in [9.17, 15) is 4.79 Å². The van der Waals surface area contributed by atoms with Gasteiger partial charge in [0.25, 0.3) is 0 Å². The zero-order valence-electron chi connectivity index (χ0n) is 15.3. The molecular formula is C21H30N2O2. The fourth-order valence-electron chi connectivity index (χ4n) is 5.45. The predicted molar refractivity (Wildman–Crippen MR) is 98.5 cm³/mol. The van der Waals surface area contributed by atoms with Gasteiger partial charge in [-0.3, -0.25) is 14.6 Å². The van der Waals surface area contributed by atoms with E-state index in [1.165, 1.54) is 31.5 Å². The van der Waals surface area contributed by atoms with E-state index in [2.05, 4.69) is 40.1 Å². The number of piperidine rings is 3. The number of hydrogen-bond acceptors (Lipinski definition) is 4. The average Bonchev–Trinajstić information content (AvgIpc) is 3.06. The molecule has 136 valence electrons. The van der Waals surface area contributed by atoms with Gasteiger partial charge in [-0.1, -0.05) is 30.3 Å². The minimum absolute atomic E-state index is 0.0493. The monoisotopic (exact) mass is 342 g/mol. The molecule has 0 amide bonds. The smallest absolute Gasteiger partial charge is 0.305 e. The van der Waals surface area contributed by atoms with Gasteiger partial charge in [0, 0.05) is 31.0 Å². The summed E-state index contributed by atoms with van der Waals surface area (Å²) in [4.78, 5) is 17.1. The van der Waals surface area contributed by atoms with Crippen LogP contribution in [0.25, 0.3) is 0 Å². The summed E-state index contributed by atoms with van der Waals surface area (Å²) in [6, 6.07) is 12.4. The fraction of sp³-hybridized carbons (Fsp3) is 0.667. The van der Waals surface area contributed by atoms with Gasteiger partial charge in [-0.2, -0.15) is 0 Å². The summed E-state index contributed by atoms with van der Waals surface area (Å²) in [7, 11) is 0. The molecular weight excluding hydrogens is 312 g/mol. The maximum Gasteiger partial charge on any atom is 0.305 e. The predicted octanol–water partition coefficient (Wildman–Crippen LogP) is 2.89. The van der Waals surface area contributed by atoms with Gasteiger partial charge in [-0.05, 0) is 57.3 Å². The molecule has 4 fully saturated rings. The summed E-state index contributed by atoms with van der Waals surface area (Å²) in [5.41, 5.74) is 1.48. The second kappa shape index (κ2) is 7.46. The number of nitrogens with zero attached hydrogens (tertiary/aromatic N) is 2. The van der Waals surface area contributed by atoms with Crippen molar-refractivity contribution in [3.63, 3.8) is 0 Å². The van der Waals surface area contributed by atoms with Crippen LogP contribution in [0, 0.1) is 5.92 Å². The third-order valence-electron chi connectivity index (χ3n) is 6.45. The van der Waals surface area contributed by atoms with Crippen LogP contribution in [0.15, 0.2) is 30.3 Å². The van der Waals surface area contributed by atoms with Crippen molar-refractivity contribution in [1.82, 2.24) is 9.80 Å². The molecule has 2 bridgehead atoms. The van der Waals surface area contributed by atoms with Crippen LogP contribution >= 0.6 is 0 Å². The highest BCUT2D eigenvalue weighted by Gasteiger charge is 2.52. The van der Waals surface area contributed by atoms with Crippen LogP contribution in [-0.4, -0.2) is 60.6 Å². The zero-order valence-corrected chi connectivity index (χ0v) is 15.3. The van der Waals surface area contributed by atoms with Crippen LogP contribution < -0.4 is 0 Å². The molecule has 25 heavy (non-hydrogen) atoms. The highest BCUT2D eigenvalue weighted by atomic mass is 16.5. The van der Waals surface area contributed by atoms with Gasteiger partial charge in [-0.15, -0.1) is 0 Å². The van der Waals surface area contributed by atoms with Gasteiger partial charge in [0.2, 0.25) is 0 Å². The summed E-state index contributed by atoms with van der Waals surface area (Å²) >= 11 is 0. The third kappa shape index (κ3) is 3.34. The molecule has 0 unspecified atom stereocenters. The topological polar surface area (TPSA) is 32.8 Å². The second-order valence-electron chi connectivity index (χ2n) is 7.78. The largest absolute Gasteiger partial charge is 0.466 e. The van der Waals surface area contributed by atoms with E-state index >= 15 is 0 Å². The Morgan fingerprint density at radius 3 is 2.64 bits per heavy atom.